The summed E-state index contributed by atoms with van der Waals surface area (Å²) in [5.41, 5.74) is 4.51. The number of hydrogen-bond acceptors (Lipinski definition) is 5. The average molecular weight is 431 g/mol. The van der Waals surface area contributed by atoms with Gasteiger partial charge in [-0.25, -0.2) is 4.68 Å². The molecule has 0 saturated heterocycles. The summed E-state index contributed by atoms with van der Waals surface area (Å²) in [6.07, 6.45) is 5.01. The number of nitrogens with one attached hydrogen (secondary N) is 1. The van der Waals surface area contributed by atoms with Crippen LogP contribution in [0.15, 0.2) is 77.1 Å². The van der Waals surface area contributed by atoms with Gasteiger partial charge in [-0.3, -0.25) is 4.79 Å². The monoisotopic (exact) mass is 430 g/mol. The summed E-state index contributed by atoms with van der Waals surface area (Å²) in [4.78, 5) is 13.4. The second-order valence-corrected chi connectivity index (χ2v) is 8.05. The zero-order chi connectivity index (χ0) is 21.8. The Hall–Kier alpha value is -3.65. The van der Waals surface area contributed by atoms with Crippen molar-refractivity contribution in [3.8, 4) is 5.69 Å². The van der Waals surface area contributed by atoms with Gasteiger partial charge in [-0.15, -0.1) is 10.2 Å². The third-order valence-corrected chi connectivity index (χ3v) is 5.81. The number of para-hydroxylation sites is 1. The molecule has 0 bridgehead atoms. The maximum Gasteiger partial charge on any atom is 0.248 e. The van der Waals surface area contributed by atoms with Crippen LogP contribution in [0.4, 0.5) is 5.69 Å². The molecular formula is C23H22N6OS. The second kappa shape index (κ2) is 9.01. The lowest BCUT2D eigenvalue weighted by molar-refractivity contribution is -0.111. The minimum atomic E-state index is -0.194. The van der Waals surface area contributed by atoms with Crippen molar-refractivity contribution in [2.24, 2.45) is 7.05 Å². The highest BCUT2D eigenvalue weighted by Gasteiger charge is 2.11. The molecule has 0 aliphatic carbocycles. The van der Waals surface area contributed by atoms with Crippen LogP contribution in [0.2, 0.25) is 0 Å². The van der Waals surface area contributed by atoms with Crippen LogP contribution in [0.1, 0.15) is 17.0 Å². The van der Waals surface area contributed by atoms with Gasteiger partial charge < -0.3 is 9.88 Å². The van der Waals surface area contributed by atoms with Crippen molar-refractivity contribution in [2.45, 2.75) is 23.9 Å². The molecule has 1 N–H and O–H groups in total. The normalized spacial score (nSPS) is 11.2. The summed E-state index contributed by atoms with van der Waals surface area (Å²) in [5.74, 6) is -0.194. The van der Waals surface area contributed by atoms with Crippen LogP contribution in [-0.4, -0.2) is 30.5 Å². The van der Waals surface area contributed by atoms with Crippen LogP contribution in [0, 0.1) is 13.8 Å². The quantitative estimate of drug-likeness (QED) is 0.458. The standard InChI is InChI=1S/C23H22N6OS/c1-16-21(17(2)29(27-16)19-7-5-4-6-8-19)13-14-22(30)25-18-9-11-20(12-10-18)31-23-26-24-15-28(23)3/h4-15H,1-3H3,(H,25,30)/b14-13+. The largest absolute Gasteiger partial charge is 0.323 e. The van der Waals surface area contributed by atoms with E-state index in [1.807, 2.05) is 90.8 Å². The summed E-state index contributed by atoms with van der Waals surface area (Å²) >= 11 is 1.51. The Morgan fingerprint density at radius 2 is 1.81 bits per heavy atom. The van der Waals surface area contributed by atoms with Gasteiger partial charge in [0.05, 0.1) is 11.4 Å². The molecule has 0 aliphatic heterocycles. The van der Waals surface area contributed by atoms with E-state index < -0.39 is 0 Å². The molecule has 7 nitrogen and oxygen atoms in total. The fraction of sp³-hybridized carbons (Fsp3) is 0.130. The first kappa shape index (κ1) is 20.6. The van der Waals surface area contributed by atoms with Crippen LogP contribution in [0.3, 0.4) is 0 Å². The van der Waals surface area contributed by atoms with E-state index >= 15 is 0 Å². The first-order chi connectivity index (χ1) is 15.0. The van der Waals surface area contributed by atoms with Crippen LogP contribution in [0.5, 0.6) is 0 Å². The zero-order valence-corrected chi connectivity index (χ0v) is 18.3. The van der Waals surface area contributed by atoms with Crippen molar-refractivity contribution >= 4 is 29.4 Å². The minimum absolute atomic E-state index is 0.194. The number of anilines is 1. The zero-order valence-electron chi connectivity index (χ0n) is 17.5. The topological polar surface area (TPSA) is 77.6 Å². The number of rotatable bonds is 6. The molecule has 2 aromatic carbocycles. The Balaban J connectivity index is 1.42. The Kier molecular flexibility index (Phi) is 5.99. The number of aryl methyl sites for hydroxylation is 2. The van der Waals surface area contributed by atoms with Crippen molar-refractivity contribution in [2.75, 3.05) is 5.32 Å². The van der Waals surface area contributed by atoms with E-state index in [9.17, 15) is 4.79 Å². The number of amides is 1. The number of benzene rings is 2. The molecule has 31 heavy (non-hydrogen) atoms. The summed E-state index contributed by atoms with van der Waals surface area (Å²) in [5, 5.41) is 16.2. The third-order valence-electron chi connectivity index (χ3n) is 4.75. The Morgan fingerprint density at radius 1 is 1.06 bits per heavy atom. The molecule has 0 unspecified atom stereocenters. The molecular weight excluding hydrogens is 408 g/mol. The van der Waals surface area contributed by atoms with Gasteiger partial charge >= 0.3 is 0 Å². The number of hydrogen-bond donors (Lipinski definition) is 1. The average Bonchev–Trinajstić information content (AvgIpc) is 3.30. The summed E-state index contributed by atoms with van der Waals surface area (Å²) in [7, 11) is 1.90. The molecule has 0 fully saturated rings. The number of aromatic nitrogens is 5. The molecule has 0 radical (unpaired) electrons. The maximum absolute atomic E-state index is 12.4. The fourth-order valence-corrected chi connectivity index (χ4v) is 3.90. The highest BCUT2D eigenvalue weighted by atomic mass is 32.2. The molecule has 2 heterocycles. The van der Waals surface area contributed by atoms with Crippen molar-refractivity contribution in [3.63, 3.8) is 0 Å². The molecule has 4 rings (SSSR count). The van der Waals surface area contributed by atoms with E-state index in [0.717, 1.165) is 38.4 Å². The number of carbonyl (C=O) groups excluding carboxylic acids is 1. The van der Waals surface area contributed by atoms with Crippen molar-refractivity contribution in [3.05, 3.63) is 84.0 Å². The van der Waals surface area contributed by atoms with Crippen LogP contribution < -0.4 is 5.32 Å². The van der Waals surface area contributed by atoms with Gasteiger partial charge in [0, 0.05) is 35.0 Å². The van der Waals surface area contributed by atoms with Crippen LogP contribution in [-0.2, 0) is 11.8 Å². The van der Waals surface area contributed by atoms with Crippen molar-refractivity contribution < 1.29 is 4.79 Å². The maximum atomic E-state index is 12.4. The van der Waals surface area contributed by atoms with Gasteiger partial charge in [0.1, 0.15) is 6.33 Å². The smallest absolute Gasteiger partial charge is 0.248 e. The molecule has 1 amide bonds. The first-order valence-corrected chi connectivity index (χ1v) is 10.6. The predicted molar refractivity (Wildman–Crippen MR) is 122 cm³/mol. The van der Waals surface area contributed by atoms with E-state index in [1.54, 1.807) is 6.33 Å². The predicted octanol–water partition coefficient (Wildman–Crippen LogP) is 4.42. The molecule has 0 aliphatic rings. The first-order valence-electron chi connectivity index (χ1n) is 9.74. The number of carbonyl (C=O) groups is 1. The van der Waals surface area contributed by atoms with E-state index in [2.05, 4.69) is 20.6 Å². The van der Waals surface area contributed by atoms with Gasteiger partial charge in [0.2, 0.25) is 5.91 Å². The van der Waals surface area contributed by atoms with Gasteiger partial charge in [-0.05, 0) is 68.1 Å². The lowest BCUT2D eigenvalue weighted by Gasteiger charge is -2.05. The third kappa shape index (κ3) is 4.75. The Morgan fingerprint density at radius 3 is 2.48 bits per heavy atom. The molecule has 8 heteroatoms. The van der Waals surface area contributed by atoms with Gasteiger partial charge in [-0.2, -0.15) is 5.10 Å². The van der Waals surface area contributed by atoms with E-state index in [1.165, 1.54) is 17.8 Å². The van der Waals surface area contributed by atoms with Gasteiger partial charge in [0.15, 0.2) is 5.16 Å². The van der Waals surface area contributed by atoms with E-state index in [0.29, 0.717) is 0 Å². The van der Waals surface area contributed by atoms with Gasteiger partial charge in [0.25, 0.3) is 0 Å². The molecule has 156 valence electrons. The Bertz CT molecular complexity index is 1220. The molecule has 4 aromatic rings. The van der Waals surface area contributed by atoms with E-state index in [-0.39, 0.29) is 5.91 Å². The lowest BCUT2D eigenvalue weighted by Crippen LogP contribution is -2.07. The lowest BCUT2D eigenvalue weighted by atomic mass is 10.2. The van der Waals surface area contributed by atoms with Crippen molar-refractivity contribution in [1.29, 1.82) is 0 Å². The highest BCUT2D eigenvalue weighted by Crippen LogP contribution is 2.26. The summed E-state index contributed by atoms with van der Waals surface area (Å²) in [6, 6.07) is 17.6. The fourth-order valence-electron chi connectivity index (χ4n) is 3.14. The van der Waals surface area contributed by atoms with Gasteiger partial charge in [-0.1, -0.05) is 18.2 Å². The number of nitrogens with zero attached hydrogens (tertiary/aromatic N) is 5. The van der Waals surface area contributed by atoms with Crippen LogP contribution >= 0.6 is 11.8 Å². The molecule has 0 spiro atoms. The second-order valence-electron chi connectivity index (χ2n) is 7.01. The minimum Gasteiger partial charge on any atom is -0.323 e. The molecule has 0 atom stereocenters. The Labute approximate surface area is 184 Å². The van der Waals surface area contributed by atoms with Crippen molar-refractivity contribution in [1.82, 2.24) is 24.5 Å². The van der Waals surface area contributed by atoms with E-state index in [4.69, 9.17) is 0 Å². The molecule has 2 aromatic heterocycles. The summed E-state index contributed by atoms with van der Waals surface area (Å²) in [6.45, 7) is 3.94. The SMILES string of the molecule is Cc1nn(-c2ccccc2)c(C)c1/C=C/C(=O)Nc1ccc(Sc2nncn2C)cc1. The summed E-state index contributed by atoms with van der Waals surface area (Å²) < 4.78 is 3.75. The highest BCUT2D eigenvalue weighted by molar-refractivity contribution is 7.99. The van der Waals surface area contributed by atoms with Crippen LogP contribution in [0.25, 0.3) is 11.8 Å². The molecule has 0 saturated carbocycles.